The summed E-state index contributed by atoms with van der Waals surface area (Å²) in [5.74, 6) is 0. The number of hydrogen-bond donors (Lipinski definition) is 0. The van der Waals surface area contributed by atoms with Crippen molar-refractivity contribution in [2.24, 2.45) is 0 Å². The normalized spacial score (nSPS) is 11.5. The molecule has 1 rings (SSSR count). The van der Waals surface area contributed by atoms with Crippen molar-refractivity contribution in [2.45, 2.75) is 54.7 Å². The molecule has 0 atom stereocenters. The molecule has 0 aliphatic rings. The molecule has 0 aliphatic carbocycles. The van der Waals surface area contributed by atoms with Gasteiger partial charge in [-0.05, 0) is 0 Å². The van der Waals surface area contributed by atoms with Crippen LogP contribution in [0.5, 0.6) is 0 Å². The fourth-order valence-corrected chi connectivity index (χ4v) is 7.12. The van der Waals surface area contributed by atoms with E-state index in [1.165, 1.54) is 32.8 Å². The van der Waals surface area contributed by atoms with Crippen molar-refractivity contribution in [3.63, 3.8) is 0 Å². The number of ether oxygens (including phenoxy) is 2. The van der Waals surface area contributed by atoms with Gasteiger partial charge in [-0.25, -0.2) is 0 Å². The number of rotatable bonds is 12. The van der Waals surface area contributed by atoms with Crippen molar-refractivity contribution in [1.82, 2.24) is 0 Å². The second kappa shape index (κ2) is 13.1. The molecule has 0 spiro atoms. The number of hydrogen-bond acceptors (Lipinski definition) is 2. The van der Waals surface area contributed by atoms with Crippen LogP contribution in [0.1, 0.15) is 24.0 Å². The Bertz CT molecular complexity index is 357. The van der Waals surface area contributed by atoms with E-state index >= 15 is 0 Å². The Kier molecular flexibility index (Phi) is 12.4. The van der Waals surface area contributed by atoms with Crippen LogP contribution in [0, 0.1) is 0 Å². The van der Waals surface area contributed by atoms with Crippen LogP contribution < -0.4 is 0 Å². The average molecular weight is 518 g/mol. The minimum absolute atomic E-state index is 0.730. The molecule has 0 heterocycles. The van der Waals surface area contributed by atoms with Crippen LogP contribution in [-0.2, 0) is 22.7 Å². The molecule has 124 valence electrons. The third-order valence-electron chi connectivity index (χ3n) is 3.56. The van der Waals surface area contributed by atoms with E-state index in [-0.39, 0.29) is 0 Å². The van der Waals surface area contributed by atoms with Gasteiger partial charge in [-0.15, -0.1) is 0 Å². The SMILES string of the molecule is [CH3][Sn]([CH3])[CH2]CCOCc1ccccc1COCC[CH2][Sn]([CH3])[CH3]. The van der Waals surface area contributed by atoms with Gasteiger partial charge in [-0.2, -0.15) is 0 Å². The second-order valence-electron chi connectivity index (χ2n) is 6.50. The Balaban J connectivity index is 2.26. The summed E-state index contributed by atoms with van der Waals surface area (Å²) < 4.78 is 14.6. The van der Waals surface area contributed by atoms with Crippen molar-refractivity contribution < 1.29 is 9.47 Å². The van der Waals surface area contributed by atoms with E-state index in [2.05, 4.69) is 44.0 Å². The summed E-state index contributed by atoms with van der Waals surface area (Å²) in [4.78, 5) is 9.82. The van der Waals surface area contributed by atoms with Gasteiger partial charge >= 0.3 is 152 Å². The van der Waals surface area contributed by atoms with Crippen LogP contribution in [0.3, 0.4) is 0 Å². The van der Waals surface area contributed by atoms with Gasteiger partial charge in [0.05, 0.1) is 0 Å². The fraction of sp³-hybridized carbons (Fsp3) is 0.667. The Morgan fingerprint density at radius 3 is 1.50 bits per heavy atom. The molecule has 0 saturated carbocycles. The Labute approximate surface area is 151 Å². The van der Waals surface area contributed by atoms with E-state index in [9.17, 15) is 0 Å². The Hall–Kier alpha value is 0.737. The van der Waals surface area contributed by atoms with Crippen molar-refractivity contribution in [2.75, 3.05) is 13.2 Å². The van der Waals surface area contributed by atoms with Gasteiger partial charge in [-0.3, -0.25) is 0 Å². The zero-order valence-corrected chi connectivity index (χ0v) is 20.5. The predicted molar refractivity (Wildman–Crippen MR) is 99.6 cm³/mol. The van der Waals surface area contributed by atoms with Gasteiger partial charge in [-0.1, -0.05) is 0 Å². The topological polar surface area (TPSA) is 18.5 Å². The summed E-state index contributed by atoms with van der Waals surface area (Å²) in [7, 11) is 0. The molecule has 0 aliphatic heterocycles. The second-order valence-corrected chi connectivity index (χ2v) is 23.1. The molecular weight excluding hydrogens is 486 g/mol. The van der Waals surface area contributed by atoms with Crippen LogP contribution in [0.25, 0.3) is 0 Å². The Morgan fingerprint density at radius 2 is 1.14 bits per heavy atom. The van der Waals surface area contributed by atoms with Gasteiger partial charge in [0.25, 0.3) is 0 Å². The third-order valence-corrected chi connectivity index (χ3v) is 11.3. The maximum absolute atomic E-state index is 5.85. The van der Waals surface area contributed by atoms with E-state index in [1.54, 1.807) is 0 Å². The molecule has 0 bridgehead atoms. The van der Waals surface area contributed by atoms with E-state index in [4.69, 9.17) is 9.47 Å². The Morgan fingerprint density at radius 1 is 0.727 bits per heavy atom. The van der Waals surface area contributed by atoms with Crippen LogP contribution in [0.2, 0.25) is 28.6 Å². The van der Waals surface area contributed by atoms with Crippen LogP contribution in [0.15, 0.2) is 24.3 Å². The van der Waals surface area contributed by atoms with E-state index in [1.807, 2.05) is 0 Å². The predicted octanol–water partition coefficient (Wildman–Crippen LogP) is 5.01. The summed E-state index contributed by atoms with van der Waals surface area (Å²) in [6.07, 6.45) is 2.47. The van der Waals surface area contributed by atoms with Gasteiger partial charge in [0, 0.05) is 0 Å². The quantitative estimate of drug-likeness (QED) is 0.287. The molecule has 0 unspecified atom stereocenters. The first kappa shape index (κ1) is 20.8. The first-order valence-corrected chi connectivity index (χ1v) is 23.8. The molecule has 4 heteroatoms. The molecule has 0 saturated heterocycles. The van der Waals surface area contributed by atoms with Gasteiger partial charge in [0.1, 0.15) is 0 Å². The van der Waals surface area contributed by atoms with Crippen LogP contribution >= 0.6 is 0 Å². The zero-order chi connectivity index (χ0) is 16.2. The van der Waals surface area contributed by atoms with Crippen LogP contribution in [-0.4, -0.2) is 52.7 Å². The zero-order valence-electron chi connectivity index (χ0n) is 14.8. The molecule has 22 heavy (non-hydrogen) atoms. The summed E-state index contributed by atoms with van der Waals surface area (Å²) in [5, 5.41) is 0. The third kappa shape index (κ3) is 10.5. The molecule has 2 radical (unpaired) electrons. The van der Waals surface area contributed by atoms with E-state index < -0.39 is 39.5 Å². The molecule has 2 nitrogen and oxygen atoms in total. The van der Waals surface area contributed by atoms with Gasteiger partial charge < -0.3 is 0 Å². The summed E-state index contributed by atoms with van der Waals surface area (Å²) >= 11 is -1.83. The molecule has 0 fully saturated rings. The molecule has 0 aromatic heterocycles. The van der Waals surface area contributed by atoms with Crippen molar-refractivity contribution in [3.05, 3.63) is 35.4 Å². The minimum atomic E-state index is -0.916. The summed E-state index contributed by atoms with van der Waals surface area (Å²) in [6, 6.07) is 8.53. The summed E-state index contributed by atoms with van der Waals surface area (Å²) in [6.45, 7) is 3.27. The monoisotopic (exact) mass is 520 g/mol. The molecule has 1 aromatic carbocycles. The molecule has 1 aromatic rings. The van der Waals surface area contributed by atoms with E-state index in [0.717, 1.165) is 26.4 Å². The molecule has 0 N–H and O–H groups in total. The first-order valence-electron chi connectivity index (χ1n) is 8.40. The van der Waals surface area contributed by atoms with E-state index in [0.29, 0.717) is 0 Å². The van der Waals surface area contributed by atoms with Crippen molar-refractivity contribution >= 4 is 39.5 Å². The number of benzene rings is 1. The maximum atomic E-state index is 5.85. The first-order chi connectivity index (χ1) is 10.6. The molecule has 0 amide bonds. The standard InChI is InChI=1S/C14H20O2.4CH3.2Sn/c1-3-9-15-11-13-7-5-6-8-14(13)12-16-10-4-2;;;;;;/h5-8H,1-4,9-12H2;4*1H3;;. The van der Waals surface area contributed by atoms with Crippen molar-refractivity contribution in [1.29, 1.82) is 0 Å². The van der Waals surface area contributed by atoms with Gasteiger partial charge in [0.15, 0.2) is 0 Å². The van der Waals surface area contributed by atoms with Crippen LogP contribution in [0.4, 0.5) is 0 Å². The average Bonchev–Trinajstić information content (AvgIpc) is 2.47. The summed E-state index contributed by atoms with van der Waals surface area (Å²) in [5.41, 5.74) is 2.58. The van der Waals surface area contributed by atoms with Crippen molar-refractivity contribution in [3.8, 4) is 0 Å². The molecular formula is C18H32O2Sn2. The fourth-order valence-electron chi connectivity index (χ4n) is 2.26. The van der Waals surface area contributed by atoms with Gasteiger partial charge in [0.2, 0.25) is 0 Å².